The van der Waals surface area contributed by atoms with Crippen molar-refractivity contribution in [1.82, 2.24) is 14.7 Å². The molecule has 2 aromatic carbocycles. The lowest BCUT2D eigenvalue weighted by Gasteiger charge is -2.16. The first-order valence-corrected chi connectivity index (χ1v) is 9.16. The topological polar surface area (TPSA) is 38.1 Å². The highest BCUT2D eigenvalue weighted by Gasteiger charge is 2.16. The van der Waals surface area contributed by atoms with Crippen LogP contribution in [0.1, 0.15) is 29.4 Å². The van der Waals surface area contributed by atoms with Crippen molar-refractivity contribution in [2.24, 2.45) is 0 Å². The van der Waals surface area contributed by atoms with Gasteiger partial charge in [0.2, 0.25) is 5.91 Å². The number of likely N-dealkylation sites (N-methyl/N-ethyl adjacent to an activating group) is 1. The Kier molecular flexibility index (Phi) is 5.73. The van der Waals surface area contributed by atoms with Gasteiger partial charge in [-0.15, -0.1) is 0 Å². The normalized spacial score (nSPS) is 11.5. The van der Waals surface area contributed by atoms with Crippen LogP contribution in [0.25, 0.3) is 11.3 Å². The van der Waals surface area contributed by atoms with Gasteiger partial charge in [0.15, 0.2) is 0 Å². The third-order valence-electron chi connectivity index (χ3n) is 4.85. The van der Waals surface area contributed by atoms with Crippen LogP contribution < -0.4 is 0 Å². The van der Waals surface area contributed by atoms with Crippen molar-refractivity contribution in [2.75, 3.05) is 7.05 Å². The number of benzene rings is 2. The van der Waals surface area contributed by atoms with Crippen molar-refractivity contribution in [3.63, 3.8) is 0 Å². The van der Waals surface area contributed by atoms with Gasteiger partial charge < -0.3 is 4.90 Å². The first kappa shape index (κ1) is 19.5. The van der Waals surface area contributed by atoms with Gasteiger partial charge in [0.05, 0.1) is 11.4 Å². The van der Waals surface area contributed by atoms with Gasteiger partial charge in [-0.2, -0.15) is 5.10 Å². The predicted molar refractivity (Wildman–Crippen MR) is 110 cm³/mol. The molecule has 144 valence electrons. The number of allylic oxidation sites excluding steroid dienone is 1. The zero-order chi connectivity index (χ0) is 20.3. The van der Waals surface area contributed by atoms with Gasteiger partial charge in [0.1, 0.15) is 5.82 Å². The molecule has 28 heavy (non-hydrogen) atoms. The molecule has 1 heterocycles. The van der Waals surface area contributed by atoms with Crippen LogP contribution in [0.2, 0.25) is 0 Å². The Balaban J connectivity index is 1.78. The number of rotatable bonds is 5. The number of aromatic nitrogens is 2. The molecule has 3 aromatic rings. The Hall–Kier alpha value is -3.21. The van der Waals surface area contributed by atoms with Gasteiger partial charge in [0.25, 0.3) is 0 Å². The van der Waals surface area contributed by atoms with Crippen LogP contribution in [0.3, 0.4) is 0 Å². The van der Waals surface area contributed by atoms with E-state index in [0.29, 0.717) is 6.54 Å². The lowest BCUT2D eigenvalue weighted by Crippen LogP contribution is -2.25. The number of halogens is 1. The molecule has 5 heteroatoms. The van der Waals surface area contributed by atoms with Crippen LogP contribution >= 0.6 is 0 Å². The van der Waals surface area contributed by atoms with Crippen LogP contribution in [-0.4, -0.2) is 27.6 Å². The Bertz CT molecular complexity index is 1000. The molecule has 0 spiro atoms. The fraction of sp³-hybridized carbons (Fsp3) is 0.217. The Morgan fingerprint density at radius 1 is 1.11 bits per heavy atom. The summed E-state index contributed by atoms with van der Waals surface area (Å²) in [5.74, 6) is -0.394. The largest absolute Gasteiger partial charge is 0.338 e. The van der Waals surface area contributed by atoms with E-state index in [9.17, 15) is 9.18 Å². The first-order chi connectivity index (χ1) is 13.4. The summed E-state index contributed by atoms with van der Waals surface area (Å²) < 4.78 is 15.0. The van der Waals surface area contributed by atoms with E-state index < -0.39 is 0 Å². The molecule has 0 N–H and O–H groups in total. The zero-order valence-corrected chi connectivity index (χ0v) is 16.6. The molecule has 0 aliphatic carbocycles. The lowest BCUT2D eigenvalue weighted by atomic mass is 10.1. The SMILES string of the molecule is C/C(=C\C(=O)N(C)Cc1c(C)nn(-c2ccccc2)c1C)c1ccc(F)cc1. The van der Waals surface area contributed by atoms with Crippen molar-refractivity contribution < 1.29 is 9.18 Å². The second-order valence-electron chi connectivity index (χ2n) is 6.93. The van der Waals surface area contributed by atoms with E-state index in [-0.39, 0.29) is 11.7 Å². The van der Waals surface area contributed by atoms with Gasteiger partial charge in [-0.25, -0.2) is 9.07 Å². The molecule has 0 unspecified atom stereocenters. The minimum absolute atomic E-state index is 0.104. The molecule has 0 saturated heterocycles. The lowest BCUT2D eigenvalue weighted by molar-refractivity contribution is -0.125. The highest BCUT2D eigenvalue weighted by Crippen LogP contribution is 2.20. The highest BCUT2D eigenvalue weighted by molar-refractivity contribution is 5.94. The monoisotopic (exact) mass is 377 g/mol. The van der Waals surface area contributed by atoms with Gasteiger partial charge in [-0.05, 0) is 56.2 Å². The van der Waals surface area contributed by atoms with Crippen molar-refractivity contribution in [1.29, 1.82) is 0 Å². The summed E-state index contributed by atoms with van der Waals surface area (Å²) in [5.41, 5.74) is 5.57. The van der Waals surface area contributed by atoms with Crippen molar-refractivity contribution in [3.05, 3.63) is 89.0 Å². The van der Waals surface area contributed by atoms with Crippen molar-refractivity contribution in [2.45, 2.75) is 27.3 Å². The third kappa shape index (κ3) is 4.19. The van der Waals surface area contributed by atoms with Gasteiger partial charge in [0, 0.05) is 30.9 Å². The maximum Gasteiger partial charge on any atom is 0.246 e. The second kappa shape index (κ2) is 8.21. The quantitative estimate of drug-likeness (QED) is 0.605. The fourth-order valence-corrected chi connectivity index (χ4v) is 3.13. The number of hydrogen-bond donors (Lipinski definition) is 0. The summed E-state index contributed by atoms with van der Waals surface area (Å²) in [6, 6.07) is 16.1. The predicted octanol–water partition coefficient (Wildman–Crippen LogP) is 4.69. The average molecular weight is 377 g/mol. The van der Waals surface area contributed by atoms with E-state index in [1.165, 1.54) is 12.1 Å². The van der Waals surface area contributed by atoms with Crippen LogP contribution in [0.5, 0.6) is 0 Å². The first-order valence-electron chi connectivity index (χ1n) is 9.16. The van der Waals surface area contributed by atoms with E-state index in [4.69, 9.17) is 0 Å². The molecule has 0 aliphatic heterocycles. The molecule has 0 saturated carbocycles. The third-order valence-corrected chi connectivity index (χ3v) is 4.85. The summed E-state index contributed by atoms with van der Waals surface area (Å²) in [6.07, 6.45) is 1.58. The molecule has 0 aliphatic rings. The van der Waals surface area contributed by atoms with Gasteiger partial charge in [-0.3, -0.25) is 4.79 Å². The zero-order valence-electron chi connectivity index (χ0n) is 16.6. The van der Waals surface area contributed by atoms with Gasteiger partial charge in [-0.1, -0.05) is 30.3 Å². The molecule has 0 bridgehead atoms. The molecule has 3 rings (SSSR count). The summed E-state index contributed by atoms with van der Waals surface area (Å²) in [4.78, 5) is 14.3. The minimum atomic E-state index is -0.290. The summed E-state index contributed by atoms with van der Waals surface area (Å²) >= 11 is 0. The van der Waals surface area contributed by atoms with E-state index >= 15 is 0 Å². The minimum Gasteiger partial charge on any atom is -0.338 e. The number of amides is 1. The standard InChI is InChI=1S/C23H24FN3O/c1-16(19-10-12-20(24)13-11-19)14-23(28)26(4)15-22-17(2)25-27(18(22)3)21-8-6-5-7-9-21/h5-14H,15H2,1-4H3/b16-14+. The Morgan fingerprint density at radius 3 is 2.39 bits per heavy atom. The van der Waals surface area contributed by atoms with E-state index in [1.807, 2.05) is 55.8 Å². The maximum atomic E-state index is 13.1. The van der Waals surface area contributed by atoms with Crippen molar-refractivity contribution in [3.8, 4) is 5.69 Å². The number of para-hydroxylation sites is 1. The Morgan fingerprint density at radius 2 is 1.75 bits per heavy atom. The van der Waals surface area contributed by atoms with Crippen LogP contribution in [-0.2, 0) is 11.3 Å². The number of nitrogens with zero attached hydrogens (tertiary/aromatic N) is 3. The maximum absolute atomic E-state index is 13.1. The fourth-order valence-electron chi connectivity index (χ4n) is 3.13. The molecular formula is C23H24FN3O. The van der Waals surface area contributed by atoms with Crippen LogP contribution in [0, 0.1) is 19.7 Å². The number of carbonyl (C=O) groups excluding carboxylic acids is 1. The van der Waals surface area contributed by atoms with E-state index in [0.717, 1.165) is 33.8 Å². The molecule has 4 nitrogen and oxygen atoms in total. The van der Waals surface area contributed by atoms with Crippen LogP contribution in [0.4, 0.5) is 4.39 Å². The molecule has 1 aromatic heterocycles. The molecule has 0 fully saturated rings. The average Bonchev–Trinajstić information content (AvgIpc) is 2.97. The molecule has 1 amide bonds. The van der Waals surface area contributed by atoms with Crippen LogP contribution in [0.15, 0.2) is 60.7 Å². The molecular weight excluding hydrogens is 353 g/mol. The van der Waals surface area contributed by atoms with Gasteiger partial charge >= 0.3 is 0 Å². The van der Waals surface area contributed by atoms with E-state index in [1.54, 1.807) is 30.2 Å². The van der Waals surface area contributed by atoms with E-state index in [2.05, 4.69) is 5.10 Å². The second-order valence-corrected chi connectivity index (χ2v) is 6.93. The number of hydrogen-bond acceptors (Lipinski definition) is 2. The number of carbonyl (C=O) groups is 1. The summed E-state index contributed by atoms with van der Waals surface area (Å²) in [6.45, 7) is 6.29. The molecule has 0 atom stereocenters. The molecule has 0 radical (unpaired) electrons. The Labute approximate surface area is 164 Å². The summed E-state index contributed by atoms with van der Waals surface area (Å²) in [5, 5.41) is 4.64. The highest BCUT2D eigenvalue weighted by atomic mass is 19.1. The summed E-state index contributed by atoms with van der Waals surface area (Å²) in [7, 11) is 1.77. The number of aryl methyl sites for hydroxylation is 1. The smallest absolute Gasteiger partial charge is 0.246 e. The van der Waals surface area contributed by atoms with Crippen molar-refractivity contribution >= 4 is 11.5 Å².